The molecule has 0 unspecified atom stereocenters. The van der Waals surface area contributed by atoms with E-state index in [1.165, 1.54) is 12.1 Å². The van der Waals surface area contributed by atoms with Crippen LogP contribution in [0.15, 0.2) is 77.3 Å². The highest BCUT2D eigenvalue weighted by Crippen LogP contribution is 2.27. The summed E-state index contributed by atoms with van der Waals surface area (Å²) in [7, 11) is 0. The van der Waals surface area contributed by atoms with Crippen molar-refractivity contribution in [2.75, 3.05) is 0 Å². The van der Waals surface area contributed by atoms with Crippen molar-refractivity contribution in [1.29, 1.82) is 0 Å². The summed E-state index contributed by atoms with van der Waals surface area (Å²) in [5.74, 6) is -0.499. The van der Waals surface area contributed by atoms with Gasteiger partial charge >= 0.3 is 0 Å². The highest BCUT2D eigenvalue weighted by molar-refractivity contribution is 9.10. The Morgan fingerprint density at radius 2 is 1.72 bits per heavy atom. The van der Waals surface area contributed by atoms with Gasteiger partial charge in [-0.1, -0.05) is 57.9 Å². The van der Waals surface area contributed by atoms with E-state index in [2.05, 4.69) is 21.2 Å². The van der Waals surface area contributed by atoms with Crippen molar-refractivity contribution < 1.29 is 9.18 Å². The standard InChI is InChI=1S/C24H18BrFN2O/c1-15-2-6-17(7-3-15)23-13-21(20-12-18(25)8-11-22(20)28-23)24(29)27-14-16-4-9-19(26)10-5-16/h2-13H,14H2,1H3,(H,27,29). The number of carbonyl (C=O) groups excluding carboxylic acids is 1. The fourth-order valence-electron chi connectivity index (χ4n) is 3.14. The van der Waals surface area contributed by atoms with E-state index in [9.17, 15) is 9.18 Å². The number of aromatic nitrogens is 1. The fraction of sp³-hybridized carbons (Fsp3) is 0.0833. The predicted octanol–water partition coefficient (Wildman–Crippen LogP) is 6.04. The van der Waals surface area contributed by atoms with Crippen LogP contribution in [0.5, 0.6) is 0 Å². The van der Waals surface area contributed by atoms with Crippen LogP contribution < -0.4 is 5.32 Å². The zero-order chi connectivity index (χ0) is 20.4. The quantitative estimate of drug-likeness (QED) is 0.413. The Morgan fingerprint density at radius 3 is 2.45 bits per heavy atom. The number of carbonyl (C=O) groups is 1. The second-order valence-corrected chi connectivity index (χ2v) is 7.81. The lowest BCUT2D eigenvalue weighted by molar-refractivity contribution is 0.0952. The third kappa shape index (κ3) is 4.35. The van der Waals surface area contributed by atoms with Crippen LogP contribution in [-0.4, -0.2) is 10.9 Å². The first-order valence-electron chi connectivity index (χ1n) is 9.19. The van der Waals surface area contributed by atoms with Gasteiger partial charge in [0, 0.05) is 22.0 Å². The van der Waals surface area contributed by atoms with Crippen LogP contribution in [0.4, 0.5) is 4.39 Å². The molecule has 1 N–H and O–H groups in total. The molecular formula is C24H18BrFN2O. The van der Waals surface area contributed by atoms with E-state index in [0.29, 0.717) is 12.1 Å². The average Bonchev–Trinajstić information content (AvgIpc) is 2.73. The monoisotopic (exact) mass is 448 g/mol. The number of amides is 1. The smallest absolute Gasteiger partial charge is 0.252 e. The third-order valence-corrected chi connectivity index (χ3v) is 5.22. The molecule has 0 saturated carbocycles. The van der Waals surface area contributed by atoms with Crippen molar-refractivity contribution in [2.24, 2.45) is 0 Å². The Morgan fingerprint density at radius 1 is 1.00 bits per heavy atom. The summed E-state index contributed by atoms with van der Waals surface area (Å²) in [5.41, 5.74) is 4.99. The minimum Gasteiger partial charge on any atom is -0.348 e. The van der Waals surface area contributed by atoms with Gasteiger partial charge in [-0.2, -0.15) is 0 Å². The lowest BCUT2D eigenvalue weighted by atomic mass is 10.0. The summed E-state index contributed by atoms with van der Waals surface area (Å²) in [5, 5.41) is 3.70. The molecule has 0 aliphatic heterocycles. The van der Waals surface area contributed by atoms with Gasteiger partial charge in [-0.15, -0.1) is 0 Å². The van der Waals surface area contributed by atoms with Crippen molar-refractivity contribution in [3.05, 3.63) is 99.8 Å². The highest BCUT2D eigenvalue weighted by Gasteiger charge is 2.14. The van der Waals surface area contributed by atoms with E-state index >= 15 is 0 Å². The second kappa shape index (κ2) is 8.13. The summed E-state index contributed by atoms with van der Waals surface area (Å²) in [6, 6.07) is 21.7. The zero-order valence-electron chi connectivity index (χ0n) is 15.7. The molecule has 1 amide bonds. The van der Waals surface area contributed by atoms with E-state index in [0.717, 1.165) is 37.8 Å². The maximum Gasteiger partial charge on any atom is 0.252 e. The molecule has 0 bridgehead atoms. The number of fused-ring (bicyclic) bond motifs is 1. The van der Waals surface area contributed by atoms with Crippen LogP contribution in [-0.2, 0) is 6.54 Å². The van der Waals surface area contributed by atoms with Gasteiger partial charge in [0.1, 0.15) is 5.82 Å². The fourth-order valence-corrected chi connectivity index (χ4v) is 3.50. The van der Waals surface area contributed by atoms with Crippen molar-refractivity contribution in [1.82, 2.24) is 10.3 Å². The number of halogens is 2. The number of benzene rings is 3. The van der Waals surface area contributed by atoms with Crippen LogP contribution in [0.3, 0.4) is 0 Å². The molecule has 29 heavy (non-hydrogen) atoms. The lowest BCUT2D eigenvalue weighted by Crippen LogP contribution is -2.23. The SMILES string of the molecule is Cc1ccc(-c2cc(C(=O)NCc3ccc(F)cc3)c3cc(Br)ccc3n2)cc1. The summed E-state index contributed by atoms with van der Waals surface area (Å²) < 4.78 is 14.0. The number of hydrogen-bond acceptors (Lipinski definition) is 2. The van der Waals surface area contributed by atoms with Gasteiger partial charge in [0.2, 0.25) is 0 Å². The Hall–Kier alpha value is -3.05. The Kier molecular flexibility index (Phi) is 5.41. The van der Waals surface area contributed by atoms with Crippen LogP contribution in [0.1, 0.15) is 21.5 Å². The molecule has 4 aromatic rings. The minimum absolute atomic E-state index is 0.201. The summed E-state index contributed by atoms with van der Waals surface area (Å²) >= 11 is 3.47. The van der Waals surface area contributed by atoms with Crippen molar-refractivity contribution in [2.45, 2.75) is 13.5 Å². The number of aryl methyl sites for hydroxylation is 1. The minimum atomic E-state index is -0.298. The number of rotatable bonds is 4. The van der Waals surface area contributed by atoms with Gasteiger partial charge in [-0.3, -0.25) is 4.79 Å². The zero-order valence-corrected chi connectivity index (χ0v) is 17.3. The van der Waals surface area contributed by atoms with Gasteiger partial charge in [0.05, 0.1) is 16.8 Å². The first kappa shape index (κ1) is 19.3. The predicted molar refractivity (Wildman–Crippen MR) is 117 cm³/mol. The summed E-state index contributed by atoms with van der Waals surface area (Å²) in [6.07, 6.45) is 0. The van der Waals surface area contributed by atoms with Gasteiger partial charge in [0.15, 0.2) is 0 Å². The second-order valence-electron chi connectivity index (χ2n) is 6.89. The molecule has 144 valence electrons. The van der Waals surface area contributed by atoms with Crippen LogP contribution in [0, 0.1) is 12.7 Å². The maximum absolute atomic E-state index is 13.1. The molecule has 0 fully saturated rings. The van der Waals surface area contributed by atoms with E-state index in [1.54, 1.807) is 12.1 Å². The van der Waals surface area contributed by atoms with Gasteiger partial charge < -0.3 is 5.32 Å². The van der Waals surface area contributed by atoms with E-state index < -0.39 is 0 Å². The van der Waals surface area contributed by atoms with Crippen LogP contribution in [0.25, 0.3) is 22.2 Å². The largest absolute Gasteiger partial charge is 0.348 e. The molecule has 0 saturated heterocycles. The highest BCUT2D eigenvalue weighted by atomic mass is 79.9. The number of nitrogens with one attached hydrogen (secondary N) is 1. The van der Waals surface area contributed by atoms with Gasteiger partial charge in [-0.05, 0) is 48.9 Å². The molecule has 0 radical (unpaired) electrons. The number of hydrogen-bond donors (Lipinski definition) is 1. The molecule has 1 heterocycles. The van der Waals surface area contributed by atoms with Gasteiger partial charge in [-0.25, -0.2) is 9.37 Å². The first-order valence-corrected chi connectivity index (χ1v) is 9.99. The lowest BCUT2D eigenvalue weighted by Gasteiger charge is -2.11. The molecule has 1 aromatic heterocycles. The van der Waals surface area contributed by atoms with Crippen molar-refractivity contribution >= 4 is 32.7 Å². The van der Waals surface area contributed by atoms with Crippen LogP contribution >= 0.6 is 15.9 Å². The molecule has 0 aliphatic carbocycles. The third-order valence-electron chi connectivity index (χ3n) is 4.73. The Labute approximate surface area is 176 Å². The maximum atomic E-state index is 13.1. The van der Waals surface area contributed by atoms with E-state index in [-0.39, 0.29) is 11.7 Å². The Bertz CT molecular complexity index is 1190. The average molecular weight is 449 g/mol. The number of pyridine rings is 1. The Balaban J connectivity index is 1.72. The molecule has 4 rings (SSSR count). The molecule has 3 aromatic carbocycles. The molecule has 5 heteroatoms. The molecule has 0 atom stereocenters. The summed E-state index contributed by atoms with van der Waals surface area (Å²) in [4.78, 5) is 17.8. The molecule has 0 aliphatic rings. The molecular weight excluding hydrogens is 431 g/mol. The van der Waals surface area contributed by atoms with Crippen molar-refractivity contribution in [3.8, 4) is 11.3 Å². The molecule has 3 nitrogen and oxygen atoms in total. The van der Waals surface area contributed by atoms with E-state index in [4.69, 9.17) is 4.98 Å². The first-order chi connectivity index (χ1) is 14.0. The van der Waals surface area contributed by atoms with Crippen molar-refractivity contribution in [3.63, 3.8) is 0 Å². The molecule has 0 spiro atoms. The topological polar surface area (TPSA) is 42.0 Å². The normalized spacial score (nSPS) is 10.9. The number of nitrogens with zero attached hydrogens (tertiary/aromatic N) is 1. The van der Waals surface area contributed by atoms with Crippen LogP contribution in [0.2, 0.25) is 0 Å². The van der Waals surface area contributed by atoms with Gasteiger partial charge in [0.25, 0.3) is 5.91 Å². The van der Waals surface area contributed by atoms with E-state index in [1.807, 2.05) is 55.5 Å². The summed E-state index contributed by atoms with van der Waals surface area (Å²) in [6.45, 7) is 2.35.